The second-order valence-corrected chi connectivity index (χ2v) is 13.4. The van der Waals surface area contributed by atoms with Crippen LogP contribution in [0, 0.1) is 10.8 Å². The lowest BCUT2D eigenvalue weighted by molar-refractivity contribution is -0.135. The third kappa shape index (κ3) is 9.85. The fraction of sp³-hybridized carbons (Fsp3) is 0.425. The van der Waals surface area contributed by atoms with Gasteiger partial charge in [0, 0.05) is 10.8 Å². The molecule has 0 amide bonds. The van der Waals surface area contributed by atoms with E-state index in [9.17, 15) is 20.1 Å². The van der Waals surface area contributed by atoms with E-state index in [-0.39, 0.29) is 11.5 Å². The Morgan fingerprint density at radius 1 is 0.659 bits per heavy atom. The molecule has 3 unspecified atom stereocenters. The van der Waals surface area contributed by atoms with E-state index in [2.05, 4.69) is 77.2 Å². The number of Topliss-reactive ketones (excluding diaryl/α,β-unsaturated/α-hetero) is 1. The number of aliphatic hydroxyl groups is 3. The zero-order valence-corrected chi connectivity index (χ0v) is 28.5. The minimum atomic E-state index is -1.38. The molecule has 4 nitrogen and oxygen atoms in total. The van der Waals surface area contributed by atoms with Gasteiger partial charge < -0.3 is 15.3 Å². The average molecular weight is 599 g/mol. The topological polar surface area (TPSA) is 77.8 Å². The molecule has 2 aliphatic rings. The lowest BCUT2D eigenvalue weighted by atomic mass is 9.69. The molecule has 0 aromatic heterocycles. The molecule has 2 aliphatic carbocycles. The van der Waals surface area contributed by atoms with Crippen LogP contribution >= 0.6 is 0 Å². The minimum absolute atomic E-state index is 0.221. The molecule has 0 saturated carbocycles. The normalized spacial score (nSPS) is 26.2. The highest BCUT2D eigenvalue weighted by atomic mass is 16.3. The maximum atomic E-state index is 12.3. The van der Waals surface area contributed by atoms with E-state index in [0.29, 0.717) is 5.57 Å². The lowest BCUT2D eigenvalue weighted by Gasteiger charge is -2.39. The number of rotatable bonds is 10. The fourth-order valence-corrected chi connectivity index (χ4v) is 5.58. The fourth-order valence-electron chi connectivity index (χ4n) is 5.58. The Labute approximate surface area is 266 Å². The summed E-state index contributed by atoms with van der Waals surface area (Å²) in [5.41, 5.74) is 7.31. The summed E-state index contributed by atoms with van der Waals surface area (Å²) >= 11 is 0. The summed E-state index contributed by atoms with van der Waals surface area (Å²) in [6, 6.07) is 0. The molecule has 44 heavy (non-hydrogen) atoms. The van der Waals surface area contributed by atoms with E-state index in [0.717, 1.165) is 40.7 Å². The van der Waals surface area contributed by atoms with Crippen LogP contribution in [0.2, 0.25) is 0 Å². The highest BCUT2D eigenvalue weighted by molar-refractivity contribution is 6.01. The Kier molecular flexibility index (Phi) is 13.5. The zero-order valence-electron chi connectivity index (χ0n) is 28.5. The molecule has 0 aromatic carbocycles. The van der Waals surface area contributed by atoms with Crippen molar-refractivity contribution in [1.29, 1.82) is 0 Å². The summed E-state index contributed by atoms with van der Waals surface area (Å²) in [6.45, 7) is 20.0. The van der Waals surface area contributed by atoms with Gasteiger partial charge in [0.1, 0.15) is 6.10 Å². The molecule has 238 valence electrons. The van der Waals surface area contributed by atoms with Gasteiger partial charge in [-0.15, -0.1) is 0 Å². The Morgan fingerprint density at radius 2 is 1.09 bits per heavy atom. The molecular weight excluding hydrogens is 544 g/mol. The lowest BCUT2D eigenvalue weighted by Crippen LogP contribution is -2.49. The third-order valence-electron chi connectivity index (χ3n) is 8.85. The van der Waals surface area contributed by atoms with Crippen molar-refractivity contribution < 1.29 is 20.1 Å². The number of carbonyl (C=O) groups is 1. The molecule has 0 saturated heterocycles. The number of hydrogen-bond acceptors (Lipinski definition) is 4. The van der Waals surface area contributed by atoms with Gasteiger partial charge in [-0.05, 0) is 71.1 Å². The summed E-state index contributed by atoms with van der Waals surface area (Å²) in [6.07, 6.45) is 27.5. The first-order valence-electron chi connectivity index (χ1n) is 15.6. The number of ketones is 1. The van der Waals surface area contributed by atoms with E-state index < -0.39 is 23.4 Å². The van der Waals surface area contributed by atoms with E-state index in [1.807, 2.05) is 70.2 Å². The van der Waals surface area contributed by atoms with Crippen molar-refractivity contribution in [2.75, 3.05) is 0 Å². The van der Waals surface area contributed by atoms with Crippen molar-refractivity contribution in [2.45, 2.75) is 100 Å². The Hall–Kier alpha value is -3.31. The van der Waals surface area contributed by atoms with E-state index in [1.165, 1.54) is 11.1 Å². The van der Waals surface area contributed by atoms with Crippen LogP contribution in [0.25, 0.3) is 0 Å². The Bertz CT molecular complexity index is 1410. The zero-order chi connectivity index (χ0) is 33.2. The van der Waals surface area contributed by atoms with Crippen molar-refractivity contribution in [1.82, 2.24) is 0 Å². The van der Waals surface area contributed by atoms with Crippen molar-refractivity contribution in [2.24, 2.45) is 10.8 Å². The van der Waals surface area contributed by atoms with Crippen LogP contribution in [-0.2, 0) is 4.79 Å². The molecule has 0 aromatic rings. The number of hydrogen-bond donors (Lipinski definition) is 3. The summed E-state index contributed by atoms with van der Waals surface area (Å²) in [5.74, 6) is -0.419. The van der Waals surface area contributed by atoms with E-state index in [1.54, 1.807) is 6.92 Å². The van der Waals surface area contributed by atoms with Gasteiger partial charge in [0.15, 0.2) is 5.78 Å². The first-order valence-corrected chi connectivity index (χ1v) is 15.6. The van der Waals surface area contributed by atoms with Crippen LogP contribution in [0.15, 0.2) is 130 Å². The second-order valence-electron chi connectivity index (χ2n) is 13.4. The summed E-state index contributed by atoms with van der Waals surface area (Å²) in [5, 5.41) is 30.9. The molecule has 0 bridgehead atoms. The van der Waals surface area contributed by atoms with Gasteiger partial charge in [-0.1, -0.05) is 141 Å². The van der Waals surface area contributed by atoms with Gasteiger partial charge in [0.05, 0.1) is 12.2 Å². The van der Waals surface area contributed by atoms with Crippen LogP contribution in [0.3, 0.4) is 0 Å². The SMILES string of the molecule is CC1=C(/C=C/C(C)=C/C=C/C(C)=C/C=C/C=C(C)/C=C/C=C(C)/C=C/C2=C(C)C(=O)C(O)C(O)C2(C)C)C(C)(C)C(O)CC1. The van der Waals surface area contributed by atoms with Crippen LogP contribution in [0.4, 0.5) is 0 Å². The van der Waals surface area contributed by atoms with Gasteiger partial charge in [0.25, 0.3) is 0 Å². The quantitative estimate of drug-likeness (QED) is 0.220. The van der Waals surface area contributed by atoms with Crippen molar-refractivity contribution in [3.8, 4) is 0 Å². The molecule has 0 fully saturated rings. The smallest absolute Gasteiger partial charge is 0.189 e. The van der Waals surface area contributed by atoms with Crippen LogP contribution in [-0.4, -0.2) is 39.4 Å². The molecule has 0 radical (unpaired) electrons. The van der Waals surface area contributed by atoms with E-state index in [4.69, 9.17) is 0 Å². The summed E-state index contributed by atoms with van der Waals surface area (Å²) < 4.78 is 0. The van der Waals surface area contributed by atoms with Crippen LogP contribution in [0.5, 0.6) is 0 Å². The molecule has 0 heterocycles. The molecule has 2 rings (SSSR count). The summed E-state index contributed by atoms with van der Waals surface area (Å²) in [4.78, 5) is 12.3. The standard InChI is InChI=1S/C40H54O4/c1-27(17-13-19-29(3)21-24-33-31(5)23-26-35(41)39(33,7)8)15-11-12-16-28(2)18-14-20-30(4)22-25-34-32(6)36(42)37(43)38(44)40(34,9)10/h11-22,24-25,35,37-38,41,43-44H,23,26H2,1-10H3/b12-11+,17-13+,18-14+,24-21+,25-22+,27-15+,28-16+,29-19+,30-20+. The van der Waals surface area contributed by atoms with Crippen molar-refractivity contribution in [3.05, 3.63) is 130 Å². The predicted molar refractivity (Wildman–Crippen MR) is 186 cm³/mol. The number of allylic oxidation sites excluding steroid dienone is 19. The molecule has 0 spiro atoms. The molecule has 3 atom stereocenters. The van der Waals surface area contributed by atoms with Gasteiger partial charge in [-0.25, -0.2) is 0 Å². The predicted octanol–water partition coefficient (Wildman–Crippen LogP) is 8.70. The van der Waals surface area contributed by atoms with Gasteiger partial charge in [0.2, 0.25) is 0 Å². The van der Waals surface area contributed by atoms with Gasteiger partial charge in [-0.3, -0.25) is 4.79 Å². The first-order chi connectivity index (χ1) is 20.5. The van der Waals surface area contributed by atoms with Crippen LogP contribution in [0.1, 0.15) is 82.1 Å². The maximum Gasteiger partial charge on any atom is 0.189 e. The minimum Gasteiger partial charge on any atom is -0.392 e. The summed E-state index contributed by atoms with van der Waals surface area (Å²) in [7, 11) is 0. The first kappa shape index (κ1) is 36.9. The highest BCUT2D eigenvalue weighted by Crippen LogP contribution is 2.41. The average Bonchev–Trinajstić information content (AvgIpc) is 2.95. The molecule has 0 aliphatic heterocycles. The van der Waals surface area contributed by atoms with Crippen LogP contribution < -0.4 is 0 Å². The molecule has 4 heteroatoms. The van der Waals surface area contributed by atoms with Gasteiger partial charge >= 0.3 is 0 Å². The second kappa shape index (κ2) is 16.1. The molecule has 3 N–H and O–H groups in total. The van der Waals surface area contributed by atoms with E-state index >= 15 is 0 Å². The van der Waals surface area contributed by atoms with Crippen molar-refractivity contribution >= 4 is 5.78 Å². The largest absolute Gasteiger partial charge is 0.392 e. The van der Waals surface area contributed by atoms with Crippen molar-refractivity contribution in [3.63, 3.8) is 0 Å². The van der Waals surface area contributed by atoms with Gasteiger partial charge in [-0.2, -0.15) is 0 Å². The Morgan fingerprint density at radius 3 is 1.59 bits per heavy atom. The highest BCUT2D eigenvalue weighted by Gasteiger charge is 2.45. The molecular formula is C40H54O4. The monoisotopic (exact) mass is 598 g/mol. The Balaban J connectivity index is 1.95. The number of carbonyl (C=O) groups excluding carboxylic acids is 1. The third-order valence-corrected chi connectivity index (χ3v) is 8.85. The number of aliphatic hydroxyl groups excluding tert-OH is 3. The maximum absolute atomic E-state index is 12.3.